The number of alkyl halides is 3. The number of hydrogen-bond donors (Lipinski definition) is 0. The minimum absolute atomic E-state index is 0.104. The molecular weight excluding hydrogens is 225 g/mol. The Labute approximate surface area is 87.5 Å². The Hall–Kier alpha value is -1.43. The van der Waals surface area contributed by atoms with Gasteiger partial charge in [0.15, 0.2) is 4.88 Å². The number of aromatic nitrogens is 2. The van der Waals surface area contributed by atoms with Crippen molar-refractivity contribution < 1.29 is 13.2 Å². The molecule has 1 aromatic heterocycles. The quantitative estimate of drug-likeness (QED) is 0.751. The van der Waals surface area contributed by atoms with Crippen molar-refractivity contribution in [3.05, 3.63) is 35.2 Å². The van der Waals surface area contributed by atoms with E-state index >= 15 is 0 Å². The Morgan fingerprint density at radius 1 is 1.07 bits per heavy atom. The molecule has 0 aliphatic heterocycles. The average molecular weight is 230 g/mol. The summed E-state index contributed by atoms with van der Waals surface area (Å²) in [6.07, 6.45) is -4.39. The van der Waals surface area contributed by atoms with E-state index in [1.807, 2.05) is 0 Å². The second kappa shape index (κ2) is 3.62. The van der Waals surface area contributed by atoms with E-state index in [1.54, 1.807) is 30.3 Å². The first-order valence-electron chi connectivity index (χ1n) is 4.04. The fourth-order valence-corrected chi connectivity index (χ4v) is 1.71. The van der Waals surface area contributed by atoms with Gasteiger partial charge in [0.05, 0.1) is 0 Å². The second-order valence-corrected chi connectivity index (χ2v) is 3.57. The zero-order valence-corrected chi connectivity index (χ0v) is 8.14. The molecule has 0 spiro atoms. The summed E-state index contributed by atoms with van der Waals surface area (Å²) in [4.78, 5) is -0.756. The van der Waals surface area contributed by atoms with Crippen LogP contribution in [0.5, 0.6) is 0 Å². The predicted octanol–water partition coefficient (Wildman–Crippen LogP) is 3.22. The Morgan fingerprint density at radius 3 is 2.33 bits per heavy atom. The van der Waals surface area contributed by atoms with E-state index in [9.17, 15) is 13.2 Å². The molecule has 2 aromatic rings. The molecule has 1 aromatic carbocycles. The molecule has 2 nitrogen and oxygen atoms in total. The molecule has 1 heterocycles. The van der Waals surface area contributed by atoms with Crippen molar-refractivity contribution >= 4 is 11.5 Å². The number of halogens is 3. The van der Waals surface area contributed by atoms with Gasteiger partial charge in [-0.1, -0.05) is 34.8 Å². The molecule has 0 fully saturated rings. The lowest BCUT2D eigenvalue weighted by molar-refractivity contribution is -0.134. The summed E-state index contributed by atoms with van der Waals surface area (Å²) in [5.74, 6) is 0. The van der Waals surface area contributed by atoms with Crippen LogP contribution in [0, 0.1) is 0 Å². The molecule has 78 valence electrons. The minimum Gasteiger partial charge on any atom is -0.165 e. The monoisotopic (exact) mass is 230 g/mol. The Kier molecular flexibility index (Phi) is 2.44. The molecule has 0 saturated carbocycles. The lowest BCUT2D eigenvalue weighted by Gasteiger charge is -2.04. The van der Waals surface area contributed by atoms with Crippen LogP contribution in [-0.2, 0) is 6.18 Å². The molecule has 0 aliphatic rings. The zero-order chi connectivity index (χ0) is 10.9. The summed E-state index contributed by atoms with van der Waals surface area (Å²) in [5.41, 5.74) is 0.326. The molecule has 0 saturated heterocycles. The van der Waals surface area contributed by atoms with Gasteiger partial charge in [-0.05, 0) is 11.5 Å². The van der Waals surface area contributed by atoms with Crippen molar-refractivity contribution in [2.24, 2.45) is 0 Å². The number of hydrogen-bond acceptors (Lipinski definition) is 3. The molecule has 0 unspecified atom stereocenters. The van der Waals surface area contributed by atoms with Crippen molar-refractivity contribution in [2.75, 3.05) is 0 Å². The number of nitrogens with zero attached hydrogens (tertiary/aromatic N) is 2. The molecule has 0 N–H and O–H groups in total. The molecule has 15 heavy (non-hydrogen) atoms. The third-order valence-electron chi connectivity index (χ3n) is 1.79. The molecule has 0 atom stereocenters. The molecule has 0 aliphatic carbocycles. The zero-order valence-electron chi connectivity index (χ0n) is 7.32. The summed E-state index contributed by atoms with van der Waals surface area (Å²) in [7, 11) is 0. The van der Waals surface area contributed by atoms with Crippen LogP contribution in [0.2, 0.25) is 0 Å². The first-order valence-corrected chi connectivity index (χ1v) is 4.81. The highest BCUT2D eigenvalue weighted by molar-refractivity contribution is 7.06. The van der Waals surface area contributed by atoms with Crippen molar-refractivity contribution in [2.45, 2.75) is 6.18 Å². The van der Waals surface area contributed by atoms with E-state index in [2.05, 4.69) is 9.59 Å². The third-order valence-corrected chi connectivity index (χ3v) is 2.56. The van der Waals surface area contributed by atoms with Gasteiger partial charge in [0.2, 0.25) is 0 Å². The number of benzene rings is 1. The van der Waals surface area contributed by atoms with Gasteiger partial charge >= 0.3 is 6.18 Å². The lowest BCUT2D eigenvalue weighted by Crippen LogP contribution is -2.03. The summed E-state index contributed by atoms with van der Waals surface area (Å²) >= 11 is 0.365. The number of rotatable bonds is 1. The van der Waals surface area contributed by atoms with E-state index in [0.717, 1.165) is 0 Å². The standard InChI is InChI=1S/C9H5F3N2S/c10-9(11,12)8-7(13-14-15-8)6-4-2-1-3-5-6/h1-5H. The van der Waals surface area contributed by atoms with Crippen LogP contribution < -0.4 is 0 Å². The maximum Gasteiger partial charge on any atom is 0.429 e. The average Bonchev–Trinajstić information content (AvgIpc) is 2.67. The predicted molar refractivity (Wildman–Crippen MR) is 50.3 cm³/mol. The normalized spacial score (nSPS) is 11.7. The highest BCUT2D eigenvalue weighted by Crippen LogP contribution is 2.37. The summed E-state index contributed by atoms with van der Waals surface area (Å²) in [6, 6.07) is 8.21. The second-order valence-electron chi connectivity index (χ2n) is 2.81. The van der Waals surface area contributed by atoms with E-state index in [-0.39, 0.29) is 5.69 Å². The topological polar surface area (TPSA) is 25.8 Å². The Bertz CT molecular complexity index is 450. The van der Waals surface area contributed by atoms with Crippen molar-refractivity contribution in [1.82, 2.24) is 9.59 Å². The van der Waals surface area contributed by atoms with Crippen LogP contribution in [0.1, 0.15) is 4.88 Å². The van der Waals surface area contributed by atoms with E-state index in [4.69, 9.17) is 0 Å². The highest BCUT2D eigenvalue weighted by atomic mass is 32.1. The maximum absolute atomic E-state index is 12.5. The van der Waals surface area contributed by atoms with Gasteiger partial charge in [0.25, 0.3) is 0 Å². The minimum atomic E-state index is -4.39. The summed E-state index contributed by atoms with van der Waals surface area (Å²) in [6.45, 7) is 0. The van der Waals surface area contributed by atoms with Crippen LogP contribution >= 0.6 is 11.5 Å². The summed E-state index contributed by atoms with van der Waals surface area (Å²) in [5, 5.41) is 3.50. The van der Waals surface area contributed by atoms with Crippen molar-refractivity contribution in [3.8, 4) is 11.3 Å². The largest absolute Gasteiger partial charge is 0.429 e. The van der Waals surface area contributed by atoms with E-state index in [0.29, 0.717) is 17.1 Å². The van der Waals surface area contributed by atoms with Gasteiger partial charge in [-0.15, -0.1) is 5.10 Å². The Morgan fingerprint density at radius 2 is 1.73 bits per heavy atom. The first-order chi connectivity index (χ1) is 7.09. The molecule has 0 amide bonds. The molecule has 6 heteroatoms. The van der Waals surface area contributed by atoms with Gasteiger partial charge in [0, 0.05) is 5.56 Å². The SMILES string of the molecule is FC(F)(F)c1snnc1-c1ccccc1. The van der Waals surface area contributed by atoms with E-state index in [1.165, 1.54) is 0 Å². The van der Waals surface area contributed by atoms with Crippen molar-refractivity contribution in [1.29, 1.82) is 0 Å². The molecule has 2 rings (SSSR count). The smallest absolute Gasteiger partial charge is 0.165 e. The fourth-order valence-electron chi connectivity index (χ4n) is 1.16. The van der Waals surface area contributed by atoms with Gasteiger partial charge in [-0.25, -0.2) is 0 Å². The van der Waals surface area contributed by atoms with E-state index < -0.39 is 11.1 Å². The van der Waals surface area contributed by atoms with Gasteiger partial charge in [-0.3, -0.25) is 0 Å². The van der Waals surface area contributed by atoms with Crippen molar-refractivity contribution in [3.63, 3.8) is 0 Å². The van der Waals surface area contributed by atoms with Crippen LogP contribution in [-0.4, -0.2) is 9.59 Å². The van der Waals surface area contributed by atoms with Crippen LogP contribution in [0.25, 0.3) is 11.3 Å². The Balaban J connectivity index is 2.51. The first kappa shape index (κ1) is 10.1. The lowest BCUT2D eigenvalue weighted by atomic mass is 10.1. The van der Waals surface area contributed by atoms with Gasteiger partial charge in [-0.2, -0.15) is 13.2 Å². The van der Waals surface area contributed by atoms with Crippen LogP contribution in [0.4, 0.5) is 13.2 Å². The van der Waals surface area contributed by atoms with Gasteiger partial charge in [0.1, 0.15) is 5.69 Å². The summed E-state index contributed by atoms with van der Waals surface area (Å²) < 4.78 is 40.8. The van der Waals surface area contributed by atoms with Crippen LogP contribution in [0.3, 0.4) is 0 Å². The van der Waals surface area contributed by atoms with Crippen LogP contribution in [0.15, 0.2) is 30.3 Å². The fraction of sp³-hybridized carbons (Fsp3) is 0.111. The maximum atomic E-state index is 12.5. The molecule has 0 bridgehead atoms. The third kappa shape index (κ3) is 1.99. The molecular formula is C9H5F3N2S. The molecule has 0 radical (unpaired) electrons. The van der Waals surface area contributed by atoms with Gasteiger partial charge < -0.3 is 0 Å². The highest BCUT2D eigenvalue weighted by Gasteiger charge is 2.37.